The summed E-state index contributed by atoms with van der Waals surface area (Å²) in [5.41, 5.74) is 9.83. The maximum atomic E-state index is 8.23. The van der Waals surface area contributed by atoms with E-state index in [2.05, 4.69) is 132 Å². The zero-order valence-electron chi connectivity index (χ0n) is 24.2. The fourth-order valence-corrected chi connectivity index (χ4v) is 6.80. The molecule has 2 heterocycles. The summed E-state index contributed by atoms with van der Waals surface area (Å²) in [6.45, 7) is 2.69. The van der Waals surface area contributed by atoms with Gasteiger partial charge in [0.2, 0.25) is 0 Å². The van der Waals surface area contributed by atoms with Crippen LogP contribution in [0, 0.1) is 5.41 Å². The number of nitrogens with one attached hydrogen (secondary N) is 2. The lowest BCUT2D eigenvalue weighted by molar-refractivity contribution is 0.313. The fourth-order valence-electron chi connectivity index (χ4n) is 6.04. The average molecular weight is 594 g/mol. The summed E-state index contributed by atoms with van der Waals surface area (Å²) in [5.74, 6) is 0.668. The highest BCUT2D eigenvalue weighted by molar-refractivity contribution is 8.14. The molecule has 1 atom stereocenters. The first-order chi connectivity index (χ1) is 21.6. The van der Waals surface area contributed by atoms with Crippen LogP contribution >= 0.6 is 11.8 Å². The molecule has 0 radical (unpaired) electrons. The molecule has 1 unspecified atom stereocenters. The van der Waals surface area contributed by atoms with Gasteiger partial charge in [0.25, 0.3) is 0 Å². The minimum absolute atomic E-state index is 0.203. The first-order valence-corrected chi connectivity index (χ1v) is 15.5. The molecule has 6 aromatic rings. The van der Waals surface area contributed by atoms with Crippen LogP contribution in [0.2, 0.25) is 0 Å². The number of rotatable bonds is 8. The molecular weight excluding hydrogens is 563 g/mol. The molecule has 0 bridgehead atoms. The Bertz CT molecular complexity index is 1780. The van der Waals surface area contributed by atoms with E-state index in [0.717, 1.165) is 38.9 Å². The monoisotopic (exact) mass is 593 g/mol. The van der Waals surface area contributed by atoms with Crippen molar-refractivity contribution >= 4 is 16.9 Å². The Kier molecular flexibility index (Phi) is 7.52. The molecule has 7 rings (SSSR count). The molecular formula is C36H31N7S. The van der Waals surface area contributed by atoms with Crippen LogP contribution in [-0.4, -0.2) is 35.8 Å². The smallest absolute Gasteiger partial charge is 0.184 e. The van der Waals surface area contributed by atoms with Crippen LogP contribution in [0.25, 0.3) is 22.5 Å². The molecule has 1 aliphatic rings. The maximum Gasteiger partial charge on any atom is 0.184 e. The van der Waals surface area contributed by atoms with Gasteiger partial charge in [-0.15, -0.1) is 5.10 Å². The largest absolute Gasteiger partial charge is 0.282 e. The van der Waals surface area contributed by atoms with Crippen LogP contribution in [0.3, 0.4) is 0 Å². The first kappa shape index (κ1) is 27.8. The number of aromatic nitrogens is 4. The van der Waals surface area contributed by atoms with Crippen molar-refractivity contribution in [2.45, 2.75) is 24.4 Å². The summed E-state index contributed by atoms with van der Waals surface area (Å²) >= 11 is 1.52. The van der Waals surface area contributed by atoms with Gasteiger partial charge in [0.1, 0.15) is 5.54 Å². The Morgan fingerprint density at radius 3 is 1.75 bits per heavy atom. The minimum Gasteiger partial charge on any atom is -0.282 e. The second-order valence-corrected chi connectivity index (χ2v) is 12.1. The zero-order chi connectivity index (χ0) is 29.9. The van der Waals surface area contributed by atoms with E-state index in [1.54, 1.807) is 0 Å². The Morgan fingerprint density at radius 1 is 0.705 bits per heavy atom. The molecule has 1 saturated heterocycles. The third-order valence-corrected chi connectivity index (χ3v) is 8.91. The minimum atomic E-state index is -0.831. The van der Waals surface area contributed by atoms with Crippen molar-refractivity contribution in [1.29, 1.82) is 5.41 Å². The Morgan fingerprint density at radius 2 is 1.23 bits per heavy atom. The highest BCUT2D eigenvalue weighted by Gasteiger charge is 2.42. The van der Waals surface area contributed by atoms with Gasteiger partial charge in [0.15, 0.2) is 11.0 Å². The van der Waals surface area contributed by atoms with Gasteiger partial charge in [0, 0.05) is 5.56 Å². The average Bonchev–Trinajstić information content (AvgIpc) is 3.69. The standard InChI is InChI=1S/C36H31N7S/c1-26-39-42(35(37)44-26)25-27-21-23-28(24-22-27)32-19-11-12-20-33(32)34-38-40-41-43(34)36(29-13-5-2-6-14-29,30-15-7-3-8-16-30)31-17-9-4-10-18-31/h2-24,26,37,39H,25H2,1H3. The van der Waals surface area contributed by atoms with E-state index in [4.69, 9.17) is 10.6 Å². The molecule has 1 aromatic heterocycles. The predicted molar refractivity (Wildman–Crippen MR) is 177 cm³/mol. The van der Waals surface area contributed by atoms with Gasteiger partial charge in [-0.2, -0.15) is 0 Å². The van der Waals surface area contributed by atoms with Gasteiger partial charge >= 0.3 is 0 Å². The normalized spacial score (nSPS) is 15.1. The van der Waals surface area contributed by atoms with Gasteiger partial charge in [0.05, 0.1) is 11.9 Å². The van der Waals surface area contributed by atoms with Crippen LogP contribution in [-0.2, 0) is 12.1 Å². The van der Waals surface area contributed by atoms with Crippen LogP contribution in [0.5, 0.6) is 0 Å². The molecule has 0 spiro atoms. The molecule has 1 aliphatic heterocycles. The number of tetrazole rings is 1. The van der Waals surface area contributed by atoms with Crippen molar-refractivity contribution in [3.05, 3.63) is 162 Å². The van der Waals surface area contributed by atoms with Crippen molar-refractivity contribution in [2.24, 2.45) is 0 Å². The number of hydrazine groups is 1. The number of nitrogens with zero attached hydrogens (tertiary/aromatic N) is 5. The predicted octanol–water partition coefficient (Wildman–Crippen LogP) is 7.18. The summed E-state index contributed by atoms with van der Waals surface area (Å²) in [4.78, 5) is 0. The lowest BCUT2D eigenvalue weighted by Gasteiger charge is -2.36. The number of hydrogen-bond donors (Lipinski definition) is 2. The van der Waals surface area contributed by atoms with Crippen LogP contribution in [0.4, 0.5) is 0 Å². The maximum absolute atomic E-state index is 8.23. The van der Waals surface area contributed by atoms with E-state index in [-0.39, 0.29) is 5.37 Å². The van der Waals surface area contributed by atoms with Gasteiger partial charge in [-0.3, -0.25) is 10.4 Å². The van der Waals surface area contributed by atoms with Crippen molar-refractivity contribution < 1.29 is 0 Å². The van der Waals surface area contributed by atoms with E-state index < -0.39 is 5.54 Å². The van der Waals surface area contributed by atoms with Gasteiger partial charge < -0.3 is 0 Å². The molecule has 2 N–H and O–H groups in total. The van der Waals surface area contributed by atoms with E-state index in [1.807, 2.05) is 40.0 Å². The molecule has 0 saturated carbocycles. The van der Waals surface area contributed by atoms with Crippen molar-refractivity contribution in [3.8, 4) is 22.5 Å². The Labute approximate surface area is 261 Å². The lowest BCUT2D eigenvalue weighted by atomic mass is 9.77. The fraction of sp³-hybridized carbons (Fsp3) is 0.111. The second-order valence-electron chi connectivity index (χ2n) is 10.7. The van der Waals surface area contributed by atoms with Crippen molar-refractivity contribution in [2.75, 3.05) is 0 Å². The summed E-state index contributed by atoms with van der Waals surface area (Å²) in [6, 6.07) is 48.2. The topological polar surface area (TPSA) is 82.7 Å². The molecule has 44 heavy (non-hydrogen) atoms. The molecule has 216 valence electrons. The van der Waals surface area contributed by atoms with Crippen LogP contribution in [0.1, 0.15) is 29.2 Å². The van der Waals surface area contributed by atoms with E-state index >= 15 is 0 Å². The van der Waals surface area contributed by atoms with E-state index in [1.165, 1.54) is 11.8 Å². The quantitative estimate of drug-likeness (QED) is 0.182. The van der Waals surface area contributed by atoms with E-state index in [9.17, 15) is 0 Å². The van der Waals surface area contributed by atoms with Crippen LogP contribution in [0.15, 0.2) is 140 Å². The van der Waals surface area contributed by atoms with Gasteiger partial charge in [-0.25, -0.2) is 10.1 Å². The number of hydrogen-bond acceptors (Lipinski definition) is 6. The third kappa shape index (κ3) is 4.98. The Hall–Kier alpha value is -5.05. The highest BCUT2D eigenvalue weighted by atomic mass is 32.2. The summed E-state index contributed by atoms with van der Waals surface area (Å²) < 4.78 is 1.98. The second kappa shape index (κ2) is 11.9. The van der Waals surface area contributed by atoms with Gasteiger partial charge in [-0.05, 0) is 50.7 Å². The van der Waals surface area contributed by atoms with E-state index in [0.29, 0.717) is 17.5 Å². The van der Waals surface area contributed by atoms with Crippen LogP contribution < -0.4 is 5.43 Å². The van der Waals surface area contributed by atoms with Gasteiger partial charge in [-0.1, -0.05) is 151 Å². The van der Waals surface area contributed by atoms with Crippen molar-refractivity contribution in [1.82, 2.24) is 30.6 Å². The zero-order valence-corrected chi connectivity index (χ0v) is 25.0. The number of amidine groups is 1. The molecule has 1 fully saturated rings. The number of thioether (sulfide) groups is 1. The summed E-state index contributed by atoms with van der Waals surface area (Å²) in [5, 5.41) is 24.6. The lowest BCUT2D eigenvalue weighted by Crippen LogP contribution is -2.39. The molecule has 0 aliphatic carbocycles. The van der Waals surface area contributed by atoms with Crippen molar-refractivity contribution in [3.63, 3.8) is 0 Å². The number of benzene rings is 5. The first-order valence-electron chi connectivity index (χ1n) is 14.6. The third-order valence-electron chi connectivity index (χ3n) is 8.01. The molecule has 0 amide bonds. The Balaban J connectivity index is 1.37. The molecule has 7 nitrogen and oxygen atoms in total. The highest BCUT2D eigenvalue weighted by Crippen LogP contribution is 2.43. The molecule has 5 aromatic carbocycles. The SMILES string of the molecule is CC1NN(Cc2ccc(-c3ccccc3-c3nnnn3C(c3ccccc3)(c3ccccc3)c3ccccc3)cc2)C(=N)S1. The molecule has 8 heteroatoms. The summed E-state index contributed by atoms with van der Waals surface area (Å²) in [6.07, 6.45) is 0. The summed E-state index contributed by atoms with van der Waals surface area (Å²) in [7, 11) is 0.